The Bertz CT molecular complexity index is 538. The van der Waals surface area contributed by atoms with Crippen molar-refractivity contribution in [2.24, 2.45) is 40.4 Å². The minimum atomic E-state index is -0.381. The second kappa shape index (κ2) is 7.27. The molecular weight excluding hydrogens is 340 g/mol. The Morgan fingerprint density at radius 3 is 2.44 bits per heavy atom. The molecule has 4 heteroatoms. The van der Waals surface area contributed by atoms with Crippen molar-refractivity contribution >= 4 is 0 Å². The molecule has 4 fully saturated rings. The maximum atomic E-state index is 11.4. The van der Waals surface area contributed by atoms with Crippen LogP contribution in [0.4, 0.5) is 0 Å². The summed E-state index contributed by atoms with van der Waals surface area (Å²) in [6.07, 6.45) is 7.03. The highest BCUT2D eigenvalue weighted by atomic mass is 16.5. The van der Waals surface area contributed by atoms with E-state index in [-0.39, 0.29) is 23.7 Å². The third-order valence-electron chi connectivity index (χ3n) is 9.68. The average molecular weight is 381 g/mol. The van der Waals surface area contributed by atoms with E-state index in [1.807, 2.05) is 0 Å². The van der Waals surface area contributed by atoms with Crippen LogP contribution in [0.3, 0.4) is 0 Å². The summed E-state index contributed by atoms with van der Waals surface area (Å²) in [5.74, 6) is 3.00. The lowest BCUT2D eigenvalue weighted by Crippen LogP contribution is -2.61. The fourth-order valence-corrected chi connectivity index (χ4v) is 8.08. The van der Waals surface area contributed by atoms with Crippen LogP contribution in [0.25, 0.3) is 0 Å². The number of hydrogen-bond donors (Lipinski definition) is 2. The van der Waals surface area contributed by atoms with E-state index >= 15 is 0 Å². The van der Waals surface area contributed by atoms with Crippen molar-refractivity contribution in [3.05, 3.63) is 0 Å². The maximum Gasteiger partial charge on any atom is 0.0840 e. The van der Waals surface area contributed by atoms with Gasteiger partial charge in [0.2, 0.25) is 0 Å². The summed E-state index contributed by atoms with van der Waals surface area (Å²) < 4.78 is 11.2. The summed E-state index contributed by atoms with van der Waals surface area (Å²) in [4.78, 5) is 0. The zero-order valence-electron chi connectivity index (χ0n) is 17.7. The maximum absolute atomic E-state index is 11.4. The molecule has 0 spiro atoms. The third-order valence-corrected chi connectivity index (χ3v) is 9.68. The summed E-state index contributed by atoms with van der Waals surface area (Å²) in [7, 11) is 1.68. The molecule has 0 saturated heterocycles. The van der Waals surface area contributed by atoms with Gasteiger partial charge in [-0.2, -0.15) is 0 Å². The largest absolute Gasteiger partial charge is 0.393 e. The second-order valence-corrected chi connectivity index (χ2v) is 10.7. The summed E-state index contributed by atoms with van der Waals surface area (Å²) in [5.41, 5.74) is 0.388. The molecule has 0 bridgehead atoms. The van der Waals surface area contributed by atoms with Gasteiger partial charge in [-0.15, -0.1) is 0 Å². The molecule has 0 radical (unpaired) electrons. The molecule has 0 heterocycles. The Hall–Kier alpha value is -0.160. The van der Waals surface area contributed by atoms with Gasteiger partial charge in [-0.1, -0.05) is 20.8 Å². The van der Waals surface area contributed by atoms with Crippen molar-refractivity contribution in [3.8, 4) is 0 Å². The number of hydrogen-bond acceptors (Lipinski definition) is 4. The standard InChI is InChI=1S/C23H40O4/c1-14-5-8-17-16-7-6-15-11-18(24)20(27-10-9-26-4)13-23(15,3)21(16)19(25)12-22(14,17)2/h14-21,24-25H,5-13H2,1-4H3/t14-,15-,16-,17-,18-,19-,20-,21+,22+,23-/m0/s1. The smallest absolute Gasteiger partial charge is 0.0840 e. The summed E-state index contributed by atoms with van der Waals surface area (Å²) in [5, 5.41) is 22.1. The van der Waals surface area contributed by atoms with E-state index in [2.05, 4.69) is 20.8 Å². The summed E-state index contributed by atoms with van der Waals surface area (Å²) >= 11 is 0. The van der Waals surface area contributed by atoms with Gasteiger partial charge in [-0.25, -0.2) is 0 Å². The van der Waals surface area contributed by atoms with Crippen molar-refractivity contribution in [1.29, 1.82) is 0 Å². The minimum Gasteiger partial charge on any atom is -0.393 e. The molecule has 10 atom stereocenters. The van der Waals surface area contributed by atoms with Gasteiger partial charge >= 0.3 is 0 Å². The van der Waals surface area contributed by atoms with Gasteiger partial charge in [0.05, 0.1) is 31.5 Å². The van der Waals surface area contributed by atoms with Crippen LogP contribution >= 0.6 is 0 Å². The van der Waals surface area contributed by atoms with Gasteiger partial charge in [0, 0.05) is 7.11 Å². The Morgan fingerprint density at radius 1 is 0.926 bits per heavy atom. The quantitative estimate of drug-likeness (QED) is 0.731. The van der Waals surface area contributed by atoms with E-state index in [1.54, 1.807) is 7.11 Å². The van der Waals surface area contributed by atoms with E-state index in [1.165, 1.54) is 25.7 Å². The van der Waals surface area contributed by atoms with E-state index in [9.17, 15) is 10.2 Å². The Balaban J connectivity index is 1.58. The molecule has 0 aromatic carbocycles. The van der Waals surface area contributed by atoms with Crippen molar-refractivity contribution in [3.63, 3.8) is 0 Å². The minimum absolute atomic E-state index is 0.0759. The highest BCUT2D eigenvalue weighted by molar-refractivity contribution is 5.12. The van der Waals surface area contributed by atoms with Crippen LogP contribution in [0.2, 0.25) is 0 Å². The normalized spacial score (nSPS) is 54.9. The van der Waals surface area contributed by atoms with Crippen LogP contribution < -0.4 is 0 Å². The molecule has 4 saturated carbocycles. The van der Waals surface area contributed by atoms with E-state index < -0.39 is 0 Å². The monoisotopic (exact) mass is 380 g/mol. The zero-order chi connectivity index (χ0) is 19.4. The fourth-order valence-electron chi connectivity index (χ4n) is 8.08. The first kappa shape index (κ1) is 20.1. The second-order valence-electron chi connectivity index (χ2n) is 10.7. The third kappa shape index (κ3) is 3.10. The molecule has 0 amide bonds. The zero-order valence-corrected chi connectivity index (χ0v) is 17.7. The van der Waals surface area contributed by atoms with Crippen LogP contribution in [-0.4, -0.2) is 48.8 Å². The van der Waals surface area contributed by atoms with Gasteiger partial charge in [0.25, 0.3) is 0 Å². The molecule has 2 N–H and O–H groups in total. The van der Waals surface area contributed by atoms with Crippen LogP contribution in [0.15, 0.2) is 0 Å². The van der Waals surface area contributed by atoms with Crippen molar-refractivity contribution < 1.29 is 19.7 Å². The number of rotatable bonds is 4. The topological polar surface area (TPSA) is 58.9 Å². The van der Waals surface area contributed by atoms with Crippen LogP contribution in [0, 0.1) is 40.4 Å². The van der Waals surface area contributed by atoms with Crippen LogP contribution in [0.1, 0.15) is 65.7 Å². The van der Waals surface area contributed by atoms with E-state index in [0.717, 1.165) is 31.1 Å². The number of fused-ring (bicyclic) bond motifs is 5. The molecule has 27 heavy (non-hydrogen) atoms. The Morgan fingerprint density at radius 2 is 1.70 bits per heavy atom. The fraction of sp³-hybridized carbons (Fsp3) is 1.00. The highest BCUT2D eigenvalue weighted by Crippen LogP contribution is 2.67. The van der Waals surface area contributed by atoms with Crippen molar-refractivity contribution in [1.82, 2.24) is 0 Å². The van der Waals surface area contributed by atoms with Gasteiger partial charge in [0.1, 0.15) is 0 Å². The average Bonchev–Trinajstić information content (AvgIpc) is 2.90. The Labute approximate surface area is 165 Å². The van der Waals surface area contributed by atoms with Gasteiger partial charge < -0.3 is 19.7 Å². The molecule has 156 valence electrons. The first-order valence-electron chi connectivity index (χ1n) is 11.3. The highest BCUT2D eigenvalue weighted by Gasteiger charge is 2.63. The lowest BCUT2D eigenvalue weighted by Gasteiger charge is -2.63. The molecule has 0 unspecified atom stereocenters. The predicted octanol–water partition coefficient (Wildman–Crippen LogP) is 3.64. The lowest BCUT2D eigenvalue weighted by molar-refractivity contribution is -0.204. The number of methoxy groups -OCH3 is 1. The number of aliphatic hydroxyl groups excluding tert-OH is 2. The lowest BCUT2D eigenvalue weighted by atomic mass is 9.43. The van der Waals surface area contributed by atoms with E-state index in [4.69, 9.17) is 9.47 Å². The summed E-state index contributed by atoms with van der Waals surface area (Å²) in [6.45, 7) is 8.35. The molecular formula is C23H40O4. The SMILES string of the molecule is COCCO[C@H]1C[C@@]2(C)[C@@H](CC[C@@H]3[C@@H]2[C@@H](O)C[C@]2(C)[C@@H](C)CC[C@@H]32)C[C@@H]1O. The Kier molecular flexibility index (Phi) is 5.42. The first-order valence-corrected chi connectivity index (χ1v) is 11.3. The van der Waals surface area contributed by atoms with Crippen molar-refractivity contribution in [2.75, 3.05) is 20.3 Å². The van der Waals surface area contributed by atoms with Gasteiger partial charge in [-0.05, 0) is 85.4 Å². The van der Waals surface area contributed by atoms with Gasteiger partial charge in [-0.3, -0.25) is 0 Å². The predicted molar refractivity (Wildman–Crippen MR) is 105 cm³/mol. The molecule has 0 aliphatic heterocycles. The van der Waals surface area contributed by atoms with E-state index in [0.29, 0.717) is 36.4 Å². The van der Waals surface area contributed by atoms with Gasteiger partial charge in [0.15, 0.2) is 0 Å². The molecule has 0 aromatic rings. The summed E-state index contributed by atoms with van der Waals surface area (Å²) in [6, 6.07) is 0. The van der Waals surface area contributed by atoms with Crippen LogP contribution in [0.5, 0.6) is 0 Å². The van der Waals surface area contributed by atoms with Crippen molar-refractivity contribution in [2.45, 2.75) is 84.0 Å². The molecule has 4 rings (SSSR count). The molecule has 4 aliphatic carbocycles. The molecule has 4 nitrogen and oxygen atoms in total. The van der Waals surface area contributed by atoms with Crippen LogP contribution in [-0.2, 0) is 9.47 Å². The number of ether oxygens (including phenoxy) is 2. The molecule has 4 aliphatic rings. The first-order chi connectivity index (χ1) is 12.8. The number of aliphatic hydroxyl groups is 2. The molecule has 0 aromatic heterocycles.